The molecule has 0 unspecified atom stereocenters. The Balaban J connectivity index is 1.41. The predicted octanol–water partition coefficient (Wildman–Crippen LogP) is 4.42. The van der Waals surface area contributed by atoms with Crippen molar-refractivity contribution in [1.29, 1.82) is 0 Å². The second-order valence-corrected chi connectivity index (χ2v) is 7.95. The van der Waals surface area contributed by atoms with Crippen molar-refractivity contribution in [2.24, 2.45) is 5.16 Å². The third-order valence-electron chi connectivity index (χ3n) is 4.70. The van der Waals surface area contributed by atoms with Gasteiger partial charge in [0.05, 0.1) is 11.6 Å². The minimum absolute atomic E-state index is 0.191. The summed E-state index contributed by atoms with van der Waals surface area (Å²) in [6, 6.07) is 7.46. The van der Waals surface area contributed by atoms with Crippen LogP contribution in [-0.2, 0) is 24.3 Å². The average molecular weight is 398 g/mol. The molecule has 0 aliphatic heterocycles. The van der Waals surface area contributed by atoms with E-state index in [0.29, 0.717) is 10.8 Å². The smallest absolute Gasteiger partial charge is 0.192 e. The summed E-state index contributed by atoms with van der Waals surface area (Å²) in [6.07, 6.45) is 8.03. The fourth-order valence-corrected chi connectivity index (χ4v) is 4.84. The Morgan fingerprint density at radius 3 is 3.07 bits per heavy atom. The van der Waals surface area contributed by atoms with Gasteiger partial charge in [-0.2, -0.15) is 0 Å². The molecule has 4 aromatic rings. The van der Waals surface area contributed by atoms with E-state index < -0.39 is 0 Å². The summed E-state index contributed by atoms with van der Waals surface area (Å²) >= 11 is 7.88. The fraction of sp³-hybridized carbons (Fsp3) is 0.263. The molecule has 0 N–H and O–H groups in total. The number of benzene rings is 1. The normalized spacial score (nSPS) is 14.3. The molecule has 6 nitrogen and oxygen atoms in total. The van der Waals surface area contributed by atoms with Gasteiger partial charge in [-0.3, -0.25) is 0 Å². The lowest BCUT2D eigenvalue weighted by molar-refractivity contribution is 0.126. The molecule has 3 aromatic heterocycles. The molecule has 0 saturated heterocycles. The van der Waals surface area contributed by atoms with Crippen molar-refractivity contribution in [3.8, 4) is 0 Å². The zero-order valence-electron chi connectivity index (χ0n) is 14.4. The number of fused-ring (bicyclic) bond motifs is 5. The molecule has 136 valence electrons. The molecule has 1 aromatic carbocycles. The molecule has 0 spiro atoms. The first-order valence-electron chi connectivity index (χ1n) is 8.84. The molecule has 0 bridgehead atoms. The Morgan fingerprint density at radius 2 is 2.15 bits per heavy atom. The first-order chi connectivity index (χ1) is 13.3. The van der Waals surface area contributed by atoms with E-state index in [9.17, 15) is 0 Å². The monoisotopic (exact) mass is 397 g/mol. The number of rotatable bonds is 4. The van der Waals surface area contributed by atoms with E-state index in [1.54, 1.807) is 28.4 Å². The highest BCUT2D eigenvalue weighted by Crippen LogP contribution is 2.36. The summed E-state index contributed by atoms with van der Waals surface area (Å²) < 4.78 is 1.74. The Bertz CT molecular complexity index is 1170. The van der Waals surface area contributed by atoms with Crippen LogP contribution in [-0.4, -0.2) is 25.8 Å². The van der Waals surface area contributed by atoms with Gasteiger partial charge in [0.25, 0.3) is 0 Å². The Hall–Kier alpha value is -2.51. The van der Waals surface area contributed by atoms with Crippen molar-refractivity contribution in [1.82, 2.24) is 19.6 Å². The van der Waals surface area contributed by atoms with Gasteiger partial charge in [0, 0.05) is 15.5 Å². The van der Waals surface area contributed by atoms with Crippen LogP contribution in [0.5, 0.6) is 0 Å². The fourth-order valence-electron chi connectivity index (χ4n) is 3.43. The van der Waals surface area contributed by atoms with Crippen molar-refractivity contribution in [2.75, 3.05) is 0 Å². The number of hydrogen-bond acceptors (Lipinski definition) is 6. The van der Waals surface area contributed by atoms with E-state index in [-0.39, 0.29) is 6.61 Å². The first kappa shape index (κ1) is 16.6. The maximum absolute atomic E-state index is 6.10. The van der Waals surface area contributed by atoms with Crippen LogP contribution >= 0.6 is 22.9 Å². The van der Waals surface area contributed by atoms with Crippen LogP contribution < -0.4 is 0 Å². The second kappa shape index (κ2) is 6.90. The summed E-state index contributed by atoms with van der Waals surface area (Å²) in [5.41, 5.74) is 3.06. The number of nitrogens with zero attached hydrogens (tertiary/aromatic N) is 5. The lowest BCUT2D eigenvalue weighted by atomic mass is 9.97. The molecule has 0 amide bonds. The molecular formula is C19H16ClN5OS. The SMILES string of the molecule is Clc1ccccc1/C=N\OCc1nc2c3c4c(sc3ncn2n1)CCCC4. The summed E-state index contributed by atoms with van der Waals surface area (Å²) in [4.78, 5) is 17.1. The topological polar surface area (TPSA) is 64.7 Å². The molecule has 1 aliphatic carbocycles. The van der Waals surface area contributed by atoms with Crippen LogP contribution in [0.15, 0.2) is 35.7 Å². The van der Waals surface area contributed by atoms with Gasteiger partial charge in [-0.05, 0) is 37.3 Å². The molecule has 0 atom stereocenters. The van der Waals surface area contributed by atoms with Gasteiger partial charge in [0.2, 0.25) is 0 Å². The van der Waals surface area contributed by atoms with E-state index in [1.165, 1.54) is 23.3 Å². The lowest BCUT2D eigenvalue weighted by Crippen LogP contribution is -1.99. The Labute approximate surface area is 164 Å². The molecule has 0 radical (unpaired) electrons. The molecular weight excluding hydrogens is 382 g/mol. The molecule has 5 rings (SSSR count). The summed E-state index contributed by atoms with van der Waals surface area (Å²) in [5, 5.41) is 10.2. The van der Waals surface area contributed by atoms with Crippen LogP contribution in [0.1, 0.15) is 34.7 Å². The maximum atomic E-state index is 6.10. The van der Waals surface area contributed by atoms with Gasteiger partial charge < -0.3 is 4.84 Å². The zero-order chi connectivity index (χ0) is 18.2. The van der Waals surface area contributed by atoms with E-state index in [4.69, 9.17) is 16.4 Å². The van der Waals surface area contributed by atoms with Crippen molar-refractivity contribution in [2.45, 2.75) is 32.3 Å². The van der Waals surface area contributed by atoms with Gasteiger partial charge in [-0.25, -0.2) is 14.5 Å². The molecule has 27 heavy (non-hydrogen) atoms. The van der Waals surface area contributed by atoms with Crippen molar-refractivity contribution < 1.29 is 4.84 Å². The predicted molar refractivity (Wildman–Crippen MR) is 107 cm³/mol. The van der Waals surface area contributed by atoms with Crippen LogP contribution in [0.25, 0.3) is 15.9 Å². The Morgan fingerprint density at radius 1 is 1.26 bits per heavy atom. The highest BCUT2D eigenvalue weighted by molar-refractivity contribution is 7.19. The number of aromatic nitrogens is 4. The van der Waals surface area contributed by atoms with E-state index in [2.05, 4.69) is 20.2 Å². The molecule has 3 heterocycles. The van der Waals surface area contributed by atoms with Crippen LogP contribution in [0.3, 0.4) is 0 Å². The average Bonchev–Trinajstić information content (AvgIpc) is 3.26. The van der Waals surface area contributed by atoms with Crippen molar-refractivity contribution >= 4 is 45.0 Å². The summed E-state index contributed by atoms with van der Waals surface area (Å²) in [7, 11) is 0. The van der Waals surface area contributed by atoms with Gasteiger partial charge in [-0.15, -0.1) is 16.4 Å². The van der Waals surface area contributed by atoms with Crippen LogP contribution in [0.4, 0.5) is 0 Å². The molecule has 0 saturated carbocycles. The standard InChI is InChI=1S/C19H16ClN5OS/c20-14-7-3-1-5-12(14)9-22-26-10-16-23-18-17-13-6-2-4-8-15(13)27-19(17)21-11-25(18)24-16/h1,3,5,7,9,11H,2,4,6,8,10H2/b22-9-. The van der Waals surface area contributed by atoms with E-state index in [0.717, 1.165) is 34.3 Å². The number of halogens is 1. The van der Waals surface area contributed by atoms with Crippen molar-refractivity contribution in [3.63, 3.8) is 0 Å². The third kappa shape index (κ3) is 3.07. The van der Waals surface area contributed by atoms with Crippen LogP contribution in [0, 0.1) is 0 Å². The third-order valence-corrected chi connectivity index (χ3v) is 6.25. The number of oxime groups is 1. The number of hydrogen-bond donors (Lipinski definition) is 0. The molecule has 8 heteroatoms. The van der Waals surface area contributed by atoms with Gasteiger partial charge >= 0.3 is 0 Å². The lowest BCUT2D eigenvalue weighted by Gasteiger charge is -2.09. The van der Waals surface area contributed by atoms with E-state index >= 15 is 0 Å². The van der Waals surface area contributed by atoms with Crippen molar-refractivity contribution in [3.05, 3.63) is 57.4 Å². The zero-order valence-corrected chi connectivity index (χ0v) is 16.0. The summed E-state index contributed by atoms with van der Waals surface area (Å²) in [5.74, 6) is 0.580. The highest BCUT2D eigenvalue weighted by Gasteiger charge is 2.20. The largest absolute Gasteiger partial charge is 0.387 e. The van der Waals surface area contributed by atoms with E-state index in [1.807, 2.05) is 24.3 Å². The first-order valence-corrected chi connectivity index (χ1v) is 10.0. The minimum Gasteiger partial charge on any atom is -0.387 e. The van der Waals surface area contributed by atoms with Gasteiger partial charge in [0.15, 0.2) is 18.1 Å². The van der Waals surface area contributed by atoms with Gasteiger partial charge in [0.1, 0.15) is 11.2 Å². The molecule has 0 fully saturated rings. The summed E-state index contributed by atoms with van der Waals surface area (Å²) in [6.45, 7) is 0.191. The number of thiophene rings is 1. The van der Waals surface area contributed by atoms with Gasteiger partial charge in [-0.1, -0.05) is 35.0 Å². The quantitative estimate of drug-likeness (QED) is 0.377. The number of aryl methyl sites for hydroxylation is 2. The second-order valence-electron chi connectivity index (χ2n) is 6.46. The Kier molecular flexibility index (Phi) is 4.26. The molecule has 1 aliphatic rings. The maximum Gasteiger partial charge on any atom is 0.192 e. The highest BCUT2D eigenvalue weighted by atomic mass is 35.5. The van der Waals surface area contributed by atoms with Crippen LogP contribution in [0.2, 0.25) is 5.02 Å². The minimum atomic E-state index is 0.191.